The lowest BCUT2D eigenvalue weighted by atomic mass is 9.81. The second-order valence-electron chi connectivity index (χ2n) is 10.9. The Balaban J connectivity index is 1.31. The Labute approximate surface area is 255 Å². The summed E-state index contributed by atoms with van der Waals surface area (Å²) in [6.07, 6.45) is 4.41. The molecule has 0 saturated carbocycles. The molecule has 6 nitrogen and oxygen atoms in total. The van der Waals surface area contributed by atoms with Gasteiger partial charge in [0.1, 0.15) is 30.1 Å². The maximum absolute atomic E-state index is 13.7. The van der Waals surface area contributed by atoms with Crippen molar-refractivity contribution in [2.75, 3.05) is 39.9 Å². The topological polar surface area (TPSA) is 66.8 Å². The zero-order chi connectivity index (χ0) is 30.2. The Morgan fingerprint density at radius 3 is 2.28 bits per heavy atom. The normalized spacial score (nSPS) is 15.9. The van der Waals surface area contributed by atoms with Crippen molar-refractivity contribution in [2.45, 2.75) is 31.4 Å². The van der Waals surface area contributed by atoms with Gasteiger partial charge in [-0.15, -0.1) is 0 Å². The molecule has 0 bridgehead atoms. The Morgan fingerprint density at radius 1 is 1.00 bits per heavy atom. The molecule has 1 aliphatic rings. The van der Waals surface area contributed by atoms with Crippen LogP contribution in [0.1, 0.15) is 27.3 Å². The number of para-hydroxylation sites is 1. The van der Waals surface area contributed by atoms with E-state index in [2.05, 4.69) is 15.2 Å². The summed E-state index contributed by atoms with van der Waals surface area (Å²) < 4.78 is 38.8. The molecule has 1 fully saturated rings. The fourth-order valence-corrected chi connectivity index (χ4v) is 6.29. The Kier molecular flexibility index (Phi) is 10.2. The third-order valence-corrected chi connectivity index (χ3v) is 8.71. The van der Waals surface area contributed by atoms with Crippen LogP contribution in [0.3, 0.4) is 0 Å². The maximum atomic E-state index is 13.7. The lowest BCUT2D eigenvalue weighted by molar-refractivity contribution is -0.0000754. The zero-order valence-corrected chi connectivity index (χ0v) is 25.2. The van der Waals surface area contributed by atoms with Gasteiger partial charge < -0.3 is 19.9 Å². The van der Waals surface area contributed by atoms with Crippen LogP contribution in [0.25, 0.3) is 12.2 Å². The number of benzene rings is 3. The number of hydrogen-bond acceptors (Lipinski definition) is 7. The average Bonchev–Trinajstić information content (AvgIpc) is 3.38. The minimum atomic E-state index is -0.763. The summed E-state index contributed by atoms with van der Waals surface area (Å²) in [5, 5.41) is 15.4. The SMILES string of the molecule is COc1nc(C=Cc2ccccc2OCC(O)CN2CCNCC2(Cc2ccc(F)cc2)Cc2ccc(F)cc2)c(C)s1. The van der Waals surface area contributed by atoms with Crippen LogP contribution in [0.5, 0.6) is 10.9 Å². The summed E-state index contributed by atoms with van der Waals surface area (Å²) in [5.41, 5.74) is 3.30. The van der Waals surface area contributed by atoms with Crippen LogP contribution < -0.4 is 14.8 Å². The van der Waals surface area contributed by atoms with E-state index in [4.69, 9.17) is 9.47 Å². The maximum Gasteiger partial charge on any atom is 0.273 e. The van der Waals surface area contributed by atoms with Gasteiger partial charge in [-0.25, -0.2) is 13.8 Å². The van der Waals surface area contributed by atoms with E-state index >= 15 is 0 Å². The van der Waals surface area contributed by atoms with Gasteiger partial charge in [0, 0.05) is 42.2 Å². The number of methoxy groups -OCH3 is 1. The van der Waals surface area contributed by atoms with Crippen molar-refractivity contribution >= 4 is 23.5 Å². The van der Waals surface area contributed by atoms with Gasteiger partial charge in [0.25, 0.3) is 5.19 Å². The van der Waals surface area contributed by atoms with Crippen molar-refractivity contribution in [1.82, 2.24) is 15.2 Å². The molecule has 0 aliphatic carbocycles. The zero-order valence-electron chi connectivity index (χ0n) is 24.4. The van der Waals surface area contributed by atoms with Gasteiger partial charge in [-0.2, -0.15) is 0 Å². The summed E-state index contributed by atoms with van der Waals surface area (Å²) in [7, 11) is 1.61. The van der Waals surface area contributed by atoms with Crippen LogP contribution >= 0.6 is 11.3 Å². The Bertz CT molecular complexity index is 1460. The molecule has 0 radical (unpaired) electrons. The summed E-state index contributed by atoms with van der Waals surface area (Å²) in [5.74, 6) is 0.111. The lowest BCUT2D eigenvalue weighted by Crippen LogP contribution is -2.65. The summed E-state index contributed by atoms with van der Waals surface area (Å²) >= 11 is 1.49. The summed E-state index contributed by atoms with van der Waals surface area (Å²) in [4.78, 5) is 7.83. The smallest absolute Gasteiger partial charge is 0.273 e. The number of aryl methyl sites for hydroxylation is 1. The predicted octanol–water partition coefficient (Wildman–Crippen LogP) is 5.78. The van der Waals surface area contributed by atoms with Crippen LogP contribution in [-0.4, -0.2) is 66.5 Å². The molecule has 1 aliphatic heterocycles. The van der Waals surface area contributed by atoms with Crippen LogP contribution in [-0.2, 0) is 12.8 Å². The van der Waals surface area contributed by atoms with Gasteiger partial charge >= 0.3 is 0 Å². The highest BCUT2D eigenvalue weighted by atomic mass is 32.1. The molecule has 2 heterocycles. The highest BCUT2D eigenvalue weighted by molar-refractivity contribution is 7.13. The molecule has 1 unspecified atom stereocenters. The third kappa shape index (κ3) is 8.06. The van der Waals surface area contributed by atoms with Crippen LogP contribution in [0, 0.1) is 18.6 Å². The molecular weight excluding hydrogens is 568 g/mol. The monoisotopic (exact) mass is 605 g/mol. The fraction of sp³-hybridized carbons (Fsp3) is 0.324. The van der Waals surface area contributed by atoms with Crippen molar-refractivity contribution in [1.29, 1.82) is 0 Å². The summed E-state index contributed by atoms with van der Waals surface area (Å²) in [6, 6.07) is 20.8. The number of halogens is 2. The number of aliphatic hydroxyl groups excluding tert-OH is 1. The number of nitrogens with zero attached hydrogens (tertiary/aromatic N) is 2. The van der Waals surface area contributed by atoms with Gasteiger partial charge in [0.15, 0.2) is 0 Å². The van der Waals surface area contributed by atoms with Gasteiger partial charge in [-0.3, -0.25) is 4.90 Å². The van der Waals surface area contributed by atoms with Crippen LogP contribution in [0.2, 0.25) is 0 Å². The second kappa shape index (κ2) is 14.2. The van der Waals surface area contributed by atoms with Crippen LogP contribution in [0.15, 0.2) is 72.8 Å². The van der Waals surface area contributed by atoms with Gasteiger partial charge in [0.2, 0.25) is 0 Å². The first-order valence-electron chi connectivity index (χ1n) is 14.4. The van der Waals surface area contributed by atoms with E-state index in [9.17, 15) is 13.9 Å². The van der Waals surface area contributed by atoms with E-state index in [0.29, 0.717) is 36.9 Å². The van der Waals surface area contributed by atoms with Crippen molar-refractivity contribution in [3.8, 4) is 10.9 Å². The number of rotatable bonds is 12. The molecule has 1 atom stereocenters. The minimum Gasteiger partial charge on any atom is -0.490 e. The fourth-order valence-electron chi connectivity index (χ4n) is 5.58. The molecule has 0 amide bonds. The van der Waals surface area contributed by atoms with Gasteiger partial charge in [-0.05, 0) is 73.4 Å². The predicted molar refractivity (Wildman–Crippen MR) is 168 cm³/mol. The molecule has 4 aromatic rings. The number of aromatic nitrogens is 1. The number of β-amino-alcohol motifs (C(OH)–C–C–N with tert-alkyl or cyclic N) is 1. The molecule has 2 N–H and O–H groups in total. The number of hydrogen-bond donors (Lipinski definition) is 2. The van der Waals surface area contributed by atoms with E-state index in [1.54, 1.807) is 7.11 Å². The van der Waals surface area contributed by atoms with E-state index in [0.717, 1.165) is 40.4 Å². The number of ether oxygens (including phenoxy) is 2. The number of thiazole rings is 1. The molecular formula is C34H37F2N3O3S. The number of aliphatic hydroxyl groups is 1. The van der Waals surface area contributed by atoms with Crippen molar-refractivity contribution in [3.63, 3.8) is 0 Å². The highest BCUT2D eigenvalue weighted by Gasteiger charge is 2.40. The molecule has 1 saturated heterocycles. The van der Waals surface area contributed by atoms with Crippen LogP contribution in [0.4, 0.5) is 8.78 Å². The molecule has 1 aromatic heterocycles. The van der Waals surface area contributed by atoms with E-state index in [1.165, 1.54) is 35.6 Å². The Hall–Kier alpha value is -3.63. The largest absolute Gasteiger partial charge is 0.490 e. The van der Waals surface area contributed by atoms with E-state index in [1.807, 2.05) is 67.6 Å². The van der Waals surface area contributed by atoms with Gasteiger partial charge in [-0.1, -0.05) is 53.8 Å². The molecule has 0 spiro atoms. The molecule has 43 heavy (non-hydrogen) atoms. The molecule has 5 rings (SSSR count). The first-order chi connectivity index (χ1) is 20.8. The third-order valence-electron chi connectivity index (χ3n) is 7.77. The molecule has 9 heteroatoms. The van der Waals surface area contributed by atoms with Crippen molar-refractivity contribution in [3.05, 3.63) is 112 Å². The lowest BCUT2D eigenvalue weighted by Gasteiger charge is -2.49. The second-order valence-corrected chi connectivity index (χ2v) is 12.1. The molecule has 3 aromatic carbocycles. The highest BCUT2D eigenvalue weighted by Crippen LogP contribution is 2.30. The molecule has 226 valence electrons. The average molecular weight is 606 g/mol. The Morgan fingerprint density at radius 2 is 1.65 bits per heavy atom. The van der Waals surface area contributed by atoms with Gasteiger partial charge in [0.05, 0.1) is 12.8 Å². The first kappa shape index (κ1) is 30.8. The first-order valence-corrected chi connectivity index (χ1v) is 15.2. The van der Waals surface area contributed by atoms with Crippen molar-refractivity contribution in [2.24, 2.45) is 0 Å². The standard InChI is InChI=1S/C34H37F2N3O3S/c1-24-31(38-33(41-2)43-24)16-11-27-5-3-4-6-32(27)42-22-30(40)21-39-18-17-37-23-34(39,19-25-7-12-28(35)13-8-25)20-26-9-14-29(36)15-10-26/h3-16,30,37,40H,17-23H2,1-2H3. The van der Waals surface area contributed by atoms with Crippen molar-refractivity contribution < 1.29 is 23.4 Å². The number of nitrogens with one attached hydrogen (secondary N) is 1. The van der Waals surface area contributed by atoms with E-state index < -0.39 is 11.6 Å². The minimum absolute atomic E-state index is 0.113. The number of piperazine rings is 1. The summed E-state index contributed by atoms with van der Waals surface area (Å²) in [6.45, 7) is 4.66. The quantitative estimate of drug-likeness (QED) is 0.214. The van der Waals surface area contributed by atoms with E-state index in [-0.39, 0.29) is 18.2 Å².